The van der Waals surface area contributed by atoms with Crippen molar-refractivity contribution in [3.63, 3.8) is 0 Å². The van der Waals surface area contributed by atoms with Crippen LogP contribution in [0.4, 0.5) is 0 Å². The van der Waals surface area contributed by atoms with Gasteiger partial charge in [0.1, 0.15) is 5.75 Å². The molecule has 3 heterocycles. The largest absolute Gasteiger partial charge is 0.497 e. The summed E-state index contributed by atoms with van der Waals surface area (Å²) in [5.41, 5.74) is 8.07. The third-order valence-corrected chi connectivity index (χ3v) is 5.92. The zero-order valence-corrected chi connectivity index (χ0v) is 18.5. The first-order valence-corrected chi connectivity index (χ1v) is 11.1. The molecule has 4 aromatic rings. The second-order valence-electron chi connectivity index (χ2n) is 8.16. The van der Waals surface area contributed by atoms with E-state index in [2.05, 4.69) is 63.1 Å². The minimum Gasteiger partial charge on any atom is -0.497 e. The molecule has 166 valence electrons. The van der Waals surface area contributed by atoms with Crippen LogP contribution in [0.5, 0.6) is 5.75 Å². The molecule has 33 heavy (non-hydrogen) atoms. The number of aromatic amines is 1. The number of benzene rings is 2. The maximum absolute atomic E-state index is 12.1. The van der Waals surface area contributed by atoms with Gasteiger partial charge < -0.3 is 20.4 Å². The van der Waals surface area contributed by atoms with Crippen LogP contribution < -0.4 is 15.4 Å². The molecule has 6 heteroatoms. The van der Waals surface area contributed by atoms with Crippen molar-refractivity contribution in [1.82, 2.24) is 20.6 Å². The first-order valence-electron chi connectivity index (χ1n) is 11.1. The predicted molar refractivity (Wildman–Crippen MR) is 129 cm³/mol. The van der Waals surface area contributed by atoms with Gasteiger partial charge in [-0.05, 0) is 47.5 Å². The summed E-state index contributed by atoms with van der Waals surface area (Å²) in [7, 11) is 1.68. The SMILES string of the molecule is COc1ccc(CNCc2cccc(-c3cc(-c4cc5c([nH]4)CCNC5=O)ccn3)c2)cc1. The van der Waals surface area contributed by atoms with Crippen molar-refractivity contribution in [2.75, 3.05) is 13.7 Å². The Labute approximate surface area is 193 Å². The van der Waals surface area contributed by atoms with Crippen molar-refractivity contribution in [1.29, 1.82) is 0 Å². The van der Waals surface area contributed by atoms with Crippen molar-refractivity contribution >= 4 is 5.91 Å². The molecule has 0 bridgehead atoms. The highest BCUT2D eigenvalue weighted by Gasteiger charge is 2.20. The summed E-state index contributed by atoms with van der Waals surface area (Å²) < 4.78 is 5.21. The van der Waals surface area contributed by atoms with Gasteiger partial charge in [0.25, 0.3) is 5.91 Å². The van der Waals surface area contributed by atoms with Gasteiger partial charge in [-0.3, -0.25) is 9.78 Å². The third-order valence-electron chi connectivity index (χ3n) is 5.92. The van der Waals surface area contributed by atoms with Crippen LogP contribution in [-0.2, 0) is 19.5 Å². The summed E-state index contributed by atoms with van der Waals surface area (Å²) >= 11 is 0. The first-order chi connectivity index (χ1) is 16.2. The van der Waals surface area contributed by atoms with Gasteiger partial charge in [-0.25, -0.2) is 0 Å². The van der Waals surface area contributed by atoms with Gasteiger partial charge in [0.15, 0.2) is 0 Å². The van der Waals surface area contributed by atoms with Crippen molar-refractivity contribution in [2.45, 2.75) is 19.5 Å². The van der Waals surface area contributed by atoms with Gasteiger partial charge in [-0.15, -0.1) is 0 Å². The number of nitrogens with one attached hydrogen (secondary N) is 3. The normalized spacial score (nSPS) is 12.8. The van der Waals surface area contributed by atoms with Crippen molar-refractivity contribution in [3.05, 3.63) is 95.3 Å². The van der Waals surface area contributed by atoms with E-state index in [9.17, 15) is 4.79 Å². The second-order valence-corrected chi connectivity index (χ2v) is 8.16. The fraction of sp³-hybridized carbons (Fsp3) is 0.185. The van der Waals surface area contributed by atoms with E-state index in [1.54, 1.807) is 7.11 Å². The average molecular weight is 439 g/mol. The Morgan fingerprint density at radius 3 is 2.64 bits per heavy atom. The molecule has 2 aromatic heterocycles. The maximum atomic E-state index is 12.1. The van der Waals surface area contributed by atoms with Gasteiger partial charge >= 0.3 is 0 Å². The summed E-state index contributed by atoms with van der Waals surface area (Å²) in [6.45, 7) is 2.22. The molecule has 0 saturated heterocycles. The molecule has 0 unspecified atom stereocenters. The van der Waals surface area contributed by atoms with E-state index in [1.165, 1.54) is 11.1 Å². The summed E-state index contributed by atoms with van der Waals surface area (Å²) in [6.07, 6.45) is 2.64. The number of H-pyrrole nitrogens is 1. The van der Waals surface area contributed by atoms with E-state index in [0.29, 0.717) is 6.54 Å². The van der Waals surface area contributed by atoms with Crippen LogP contribution in [0.25, 0.3) is 22.5 Å². The molecule has 0 fully saturated rings. The number of hydrogen-bond donors (Lipinski definition) is 3. The van der Waals surface area contributed by atoms with Crippen LogP contribution in [-0.4, -0.2) is 29.5 Å². The molecule has 6 nitrogen and oxygen atoms in total. The second kappa shape index (κ2) is 9.30. The topological polar surface area (TPSA) is 79.0 Å². The van der Waals surface area contributed by atoms with E-state index >= 15 is 0 Å². The lowest BCUT2D eigenvalue weighted by molar-refractivity contribution is 0.0946. The van der Waals surface area contributed by atoms with Crippen LogP contribution in [0, 0.1) is 0 Å². The average Bonchev–Trinajstić information content (AvgIpc) is 3.31. The summed E-state index contributed by atoms with van der Waals surface area (Å²) in [5.74, 6) is 0.854. The van der Waals surface area contributed by atoms with Crippen LogP contribution >= 0.6 is 0 Å². The number of nitrogens with zero attached hydrogens (tertiary/aromatic N) is 1. The maximum Gasteiger partial charge on any atom is 0.253 e. The number of rotatable bonds is 7. The Bertz CT molecular complexity index is 1280. The third kappa shape index (κ3) is 4.66. The molecule has 3 N–H and O–H groups in total. The molecular formula is C27H26N4O2. The lowest BCUT2D eigenvalue weighted by Crippen LogP contribution is -2.31. The fourth-order valence-electron chi connectivity index (χ4n) is 4.14. The number of fused-ring (bicyclic) bond motifs is 1. The van der Waals surface area contributed by atoms with Crippen molar-refractivity contribution in [2.24, 2.45) is 0 Å². The molecule has 0 spiro atoms. The molecule has 1 aliphatic rings. The molecule has 0 aliphatic carbocycles. The van der Waals surface area contributed by atoms with Crippen LogP contribution in [0.15, 0.2) is 72.9 Å². The van der Waals surface area contributed by atoms with Gasteiger partial charge in [0.05, 0.1) is 18.4 Å². The monoisotopic (exact) mass is 438 g/mol. The summed E-state index contributed by atoms with van der Waals surface area (Å²) in [6, 6.07) is 22.5. The molecule has 5 rings (SSSR count). The molecule has 2 aromatic carbocycles. The van der Waals surface area contributed by atoms with Gasteiger partial charge in [-0.2, -0.15) is 0 Å². The fourth-order valence-corrected chi connectivity index (χ4v) is 4.14. The van der Waals surface area contributed by atoms with E-state index in [4.69, 9.17) is 4.74 Å². The number of carbonyl (C=O) groups excluding carboxylic acids is 1. The highest BCUT2D eigenvalue weighted by Crippen LogP contribution is 2.27. The van der Waals surface area contributed by atoms with Gasteiger partial charge in [0, 0.05) is 54.8 Å². The lowest BCUT2D eigenvalue weighted by Gasteiger charge is -2.11. The molecule has 0 atom stereocenters. The van der Waals surface area contributed by atoms with E-state index < -0.39 is 0 Å². The Morgan fingerprint density at radius 2 is 1.82 bits per heavy atom. The number of methoxy groups -OCH3 is 1. The number of ether oxygens (including phenoxy) is 1. The zero-order valence-electron chi connectivity index (χ0n) is 18.5. The van der Waals surface area contributed by atoms with E-state index in [0.717, 1.165) is 59.0 Å². The lowest BCUT2D eigenvalue weighted by atomic mass is 10.0. The number of amides is 1. The Kier molecular flexibility index (Phi) is 5.91. The highest BCUT2D eigenvalue weighted by atomic mass is 16.5. The molecule has 0 saturated carbocycles. The molecule has 1 aliphatic heterocycles. The van der Waals surface area contributed by atoms with Gasteiger partial charge in [-0.1, -0.05) is 30.3 Å². The number of aromatic nitrogens is 2. The van der Waals surface area contributed by atoms with Crippen LogP contribution in [0.1, 0.15) is 27.2 Å². The predicted octanol–water partition coefficient (Wildman–Crippen LogP) is 4.33. The van der Waals surface area contributed by atoms with E-state index in [1.807, 2.05) is 30.5 Å². The van der Waals surface area contributed by atoms with Crippen molar-refractivity contribution in [3.8, 4) is 28.3 Å². The number of carbonyl (C=O) groups is 1. The smallest absolute Gasteiger partial charge is 0.253 e. The quantitative estimate of drug-likeness (QED) is 0.401. The van der Waals surface area contributed by atoms with E-state index in [-0.39, 0.29) is 5.91 Å². The molecule has 0 radical (unpaired) electrons. The number of hydrogen-bond acceptors (Lipinski definition) is 4. The van der Waals surface area contributed by atoms with Gasteiger partial charge in [0.2, 0.25) is 0 Å². The highest BCUT2D eigenvalue weighted by molar-refractivity contribution is 5.97. The minimum absolute atomic E-state index is 0.0112. The minimum atomic E-state index is -0.0112. The summed E-state index contributed by atoms with van der Waals surface area (Å²) in [5, 5.41) is 6.40. The van der Waals surface area contributed by atoms with Crippen molar-refractivity contribution < 1.29 is 9.53 Å². The standard InChI is InChI=1S/C27H26N4O2/c1-33-22-7-5-18(6-8-22)16-28-17-19-3-2-4-20(13-19)25-14-21(9-11-29-25)26-15-23-24(31-26)10-12-30-27(23)32/h2-9,11,13-15,28,31H,10,12,16-17H2,1H3,(H,30,32). The number of pyridine rings is 1. The Morgan fingerprint density at radius 1 is 0.970 bits per heavy atom. The molecular weight excluding hydrogens is 412 g/mol. The van der Waals surface area contributed by atoms with Crippen LogP contribution in [0.2, 0.25) is 0 Å². The first kappa shape index (κ1) is 21.0. The molecule has 1 amide bonds. The zero-order chi connectivity index (χ0) is 22.6. The Balaban J connectivity index is 1.30. The van der Waals surface area contributed by atoms with Crippen LogP contribution in [0.3, 0.4) is 0 Å². The summed E-state index contributed by atoms with van der Waals surface area (Å²) in [4.78, 5) is 20.1. The Hall–Kier alpha value is -3.90.